The summed E-state index contributed by atoms with van der Waals surface area (Å²) in [5.41, 5.74) is 0.920. The third-order valence-corrected chi connectivity index (χ3v) is 3.06. The van der Waals surface area contributed by atoms with Crippen LogP contribution in [0.3, 0.4) is 0 Å². The van der Waals surface area contributed by atoms with E-state index >= 15 is 0 Å². The Balaban J connectivity index is 1.86. The van der Waals surface area contributed by atoms with Gasteiger partial charge in [-0.15, -0.1) is 0 Å². The molecule has 0 atom stereocenters. The topological polar surface area (TPSA) is 28.6 Å². The number of methoxy groups -OCH3 is 1. The normalized spacial score (nSPS) is 17.4. The lowest BCUT2D eigenvalue weighted by atomic mass is 10.2. The van der Waals surface area contributed by atoms with Crippen molar-refractivity contribution in [3.05, 3.63) is 24.3 Å². The van der Waals surface area contributed by atoms with E-state index in [0.29, 0.717) is 0 Å². The fourth-order valence-electron chi connectivity index (χ4n) is 2.04. The van der Waals surface area contributed by atoms with Gasteiger partial charge in [-0.05, 0) is 6.07 Å². The van der Waals surface area contributed by atoms with E-state index in [4.69, 9.17) is 4.74 Å². The van der Waals surface area contributed by atoms with Gasteiger partial charge in [0.15, 0.2) is 0 Å². The fourth-order valence-corrected chi connectivity index (χ4v) is 2.04. The molecular formula is C12H18FN3O. The van der Waals surface area contributed by atoms with Crippen LogP contribution in [-0.4, -0.2) is 56.3 Å². The standard InChI is InChI=1S/C12H18FN3O/c1-17-9-8-15-4-6-16(7-5-15)11-2-3-14-12(13)10-11/h2-3,10H,4-9H2,1H3. The summed E-state index contributed by atoms with van der Waals surface area (Å²) in [7, 11) is 1.72. The zero-order valence-corrected chi connectivity index (χ0v) is 10.1. The van der Waals surface area contributed by atoms with E-state index < -0.39 is 5.95 Å². The van der Waals surface area contributed by atoms with Gasteiger partial charge in [-0.2, -0.15) is 4.39 Å². The van der Waals surface area contributed by atoms with Crippen molar-refractivity contribution in [1.29, 1.82) is 0 Å². The highest BCUT2D eigenvalue weighted by Gasteiger charge is 2.16. The Morgan fingerprint density at radius 3 is 2.76 bits per heavy atom. The summed E-state index contributed by atoms with van der Waals surface area (Å²) < 4.78 is 18.1. The molecule has 17 heavy (non-hydrogen) atoms. The Bertz CT molecular complexity index is 353. The summed E-state index contributed by atoms with van der Waals surface area (Å²) in [6.07, 6.45) is 1.52. The molecule has 0 saturated carbocycles. The van der Waals surface area contributed by atoms with Gasteiger partial charge in [-0.3, -0.25) is 4.90 Å². The van der Waals surface area contributed by atoms with E-state index in [9.17, 15) is 4.39 Å². The smallest absolute Gasteiger partial charge is 0.214 e. The molecule has 0 spiro atoms. The Morgan fingerprint density at radius 1 is 1.35 bits per heavy atom. The summed E-state index contributed by atoms with van der Waals surface area (Å²) in [5, 5.41) is 0. The van der Waals surface area contributed by atoms with Gasteiger partial charge in [0.25, 0.3) is 0 Å². The number of aromatic nitrogens is 1. The van der Waals surface area contributed by atoms with Gasteiger partial charge in [0.05, 0.1) is 6.61 Å². The van der Waals surface area contributed by atoms with Crippen LogP contribution in [0.1, 0.15) is 0 Å². The number of pyridine rings is 1. The van der Waals surface area contributed by atoms with Crippen molar-refractivity contribution in [3.63, 3.8) is 0 Å². The Morgan fingerprint density at radius 2 is 2.12 bits per heavy atom. The zero-order valence-electron chi connectivity index (χ0n) is 10.1. The average molecular weight is 239 g/mol. The molecule has 0 bridgehead atoms. The largest absolute Gasteiger partial charge is 0.383 e. The second-order valence-corrected chi connectivity index (χ2v) is 4.16. The monoisotopic (exact) mass is 239 g/mol. The van der Waals surface area contributed by atoms with Crippen LogP contribution in [0, 0.1) is 5.95 Å². The van der Waals surface area contributed by atoms with Crippen LogP contribution in [-0.2, 0) is 4.74 Å². The second kappa shape index (κ2) is 5.93. The molecule has 1 saturated heterocycles. The predicted molar refractivity (Wildman–Crippen MR) is 64.7 cm³/mol. The molecule has 0 N–H and O–H groups in total. The maximum Gasteiger partial charge on any atom is 0.214 e. The molecule has 0 unspecified atom stereocenters. The van der Waals surface area contributed by atoms with Crippen molar-refractivity contribution in [1.82, 2.24) is 9.88 Å². The third kappa shape index (κ3) is 3.38. The van der Waals surface area contributed by atoms with Crippen LogP contribution in [0.15, 0.2) is 18.3 Å². The molecule has 1 aromatic heterocycles. The van der Waals surface area contributed by atoms with Gasteiger partial charge in [-0.1, -0.05) is 0 Å². The Labute approximate surface area is 101 Å². The van der Waals surface area contributed by atoms with Gasteiger partial charge in [0.2, 0.25) is 5.95 Å². The molecule has 1 aromatic rings. The van der Waals surface area contributed by atoms with E-state index in [1.165, 1.54) is 12.3 Å². The number of halogens is 1. The summed E-state index contributed by atoms with van der Waals surface area (Å²) in [5.74, 6) is -0.413. The van der Waals surface area contributed by atoms with E-state index in [0.717, 1.165) is 45.0 Å². The number of ether oxygens (including phenoxy) is 1. The summed E-state index contributed by atoms with van der Waals surface area (Å²) >= 11 is 0. The Kier molecular flexibility index (Phi) is 4.28. The van der Waals surface area contributed by atoms with E-state index in [1.807, 2.05) is 6.07 Å². The molecule has 94 valence electrons. The van der Waals surface area contributed by atoms with Crippen LogP contribution in [0.5, 0.6) is 0 Å². The van der Waals surface area contributed by atoms with Crippen molar-refractivity contribution in [2.75, 3.05) is 51.3 Å². The fraction of sp³-hybridized carbons (Fsp3) is 0.583. The van der Waals surface area contributed by atoms with Crippen LogP contribution >= 0.6 is 0 Å². The SMILES string of the molecule is COCCN1CCN(c2ccnc(F)c2)CC1. The van der Waals surface area contributed by atoms with Crippen molar-refractivity contribution < 1.29 is 9.13 Å². The van der Waals surface area contributed by atoms with Gasteiger partial charge in [0.1, 0.15) is 0 Å². The number of anilines is 1. The molecule has 1 aliphatic heterocycles. The van der Waals surface area contributed by atoms with Gasteiger partial charge < -0.3 is 9.64 Å². The number of nitrogens with zero attached hydrogens (tertiary/aromatic N) is 3. The number of hydrogen-bond donors (Lipinski definition) is 0. The third-order valence-electron chi connectivity index (χ3n) is 3.06. The highest BCUT2D eigenvalue weighted by molar-refractivity contribution is 5.45. The van der Waals surface area contributed by atoms with E-state index in [1.54, 1.807) is 7.11 Å². The van der Waals surface area contributed by atoms with Crippen molar-refractivity contribution >= 4 is 5.69 Å². The molecule has 0 radical (unpaired) electrons. The molecule has 2 rings (SSSR count). The first-order valence-corrected chi connectivity index (χ1v) is 5.87. The van der Waals surface area contributed by atoms with Gasteiger partial charge >= 0.3 is 0 Å². The molecule has 0 aromatic carbocycles. The Hall–Kier alpha value is -1.20. The minimum Gasteiger partial charge on any atom is -0.383 e. The molecule has 0 amide bonds. The maximum absolute atomic E-state index is 13.0. The first-order valence-electron chi connectivity index (χ1n) is 5.87. The zero-order chi connectivity index (χ0) is 12.1. The maximum atomic E-state index is 13.0. The van der Waals surface area contributed by atoms with Crippen LogP contribution in [0.2, 0.25) is 0 Å². The number of rotatable bonds is 4. The van der Waals surface area contributed by atoms with E-state index in [-0.39, 0.29) is 0 Å². The van der Waals surface area contributed by atoms with Crippen molar-refractivity contribution in [2.24, 2.45) is 0 Å². The quantitative estimate of drug-likeness (QED) is 0.733. The lowest BCUT2D eigenvalue weighted by Crippen LogP contribution is -2.47. The van der Waals surface area contributed by atoms with E-state index in [2.05, 4.69) is 14.8 Å². The van der Waals surface area contributed by atoms with Gasteiger partial charge in [0, 0.05) is 57.8 Å². The summed E-state index contributed by atoms with van der Waals surface area (Å²) in [6.45, 7) is 5.57. The van der Waals surface area contributed by atoms with Gasteiger partial charge in [-0.25, -0.2) is 4.98 Å². The lowest BCUT2D eigenvalue weighted by Gasteiger charge is -2.35. The highest BCUT2D eigenvalue weighted by atomic mass is 19.1. The number of hydrogen-bond acceptors (Lipinski definition) is 4. The summed E-state index contributed by atoms with van der Waals surface area (Å²) in [4.78, 5) is 8.12. The number of piperazine rings is 1. The second-order valence-electron chi connectivity index (χ2n) is 4.16. The molecule has 0 aliphatic carbocycles. The lowest BCUT2D eigenvalue weighted by molar-refractivity contribution is 0.144. The average Bonchev–Trinajstić information content (AvgIpc) is 2.37. The van der Waals surface area contributed by atoms with Crippen LogP contribution < -0.4 is 4.90 Å². The first-order chi connectivity index (χ1) is 8.29. The molecule has 1 aliphatic rings. The first kappa shape index (κ1) is 12.3. The molecular weight excluding hydrogens is 221 g/mol. The minimum atomic E-state index is -0.413. The van der Waals surface area contributed by atoms with Crippen molar-refractivity contribution in [2.45, 2.75) is 0 Å². The van der Waals surface area contributed by atoms with Crippen LogP contribution in [0.4, 0.5) is 10.1 Å². The highest BCUT2D eigenvalue weighted by Crippen LogP contribution is 2.15. The van der Waals surface area contributed by atoms with Crippen molar-refractivity contribution in [3.8, 4) is 0 Å². The molecule has 2 heterocycles. The summed E-state index contributed by atoms with van der Waals surface area (Å²) in [6, 6.07) is 3.35. The molecule has 1 fully saturated rings. The minimum absolute atomic E-state index is 0.413. The molecule has 5 heteroatoms. The van der Waals surface area contributed by atoms with Crippen LogP contribution in [0.25, 0.3) is 0 Å². The predicted octanol–water partition coefficient (Wildman–Crippen LogP) is 0.989. The molecule has 4 nitrogen and oxygen atoms in total.